The second-order valence-electron chi connectivity index (χ2n) is 3.59. The first-order valence-corrected chi connectivity index (χ1v) is 5.52. The fraction of sp³-hybridized carbons (Fsp3) is 0.417. The third kappa shape index (κ3) is 5.89. The van der Waals surface area contributed by atoms with Crippen LogP contribution in [-0.2, 0) is 4.74 Å². The van der Waals surface area contributed by atoms with Crippen LogP contribution in [0.15, 0.2) is 24.3 Å². The zero-order chi connectivity index (χ0) is 12.5. The summed E-state index contributed by atoms with van der Waals surface area (Å²) in [7, 11) is 0. The first kappa shape index (κ1) is 13.5. The molecule has 0 aliphatic heterocycles. The molecule has 0 aliphatic carbocycles. The Morgan fingerprint density at radius 1 is 1.41 bits per heavy atom. The number of benzene rings is 1. The van der Waals surface area contributed by atoms with Gasteiger partial charge in [0, 0.05) is 12.2 Å². The Bertz CT molecular complexity index is 355. The van der Waals surface area contributed by atoms with Crippen LogP contribution < -0.4 is 10.6 Å². The third-order valence-corrected chi connectivity index (χ3v) is 2.04. The predicted molar refractivity (Wildman–Crippen MR) is 66.1 cm³/mol. The number of hydrogen-bond donors (Lipinski definition) is 3. The zero-order valence-corrected chi connectivity index (χ0v) is 9.90. The fourth-order valence-electron chi connectivity index (χ4n) is 1.30. The smallest absolute Gasteiger partial charge is 0.319 e. The summed E-state index contributed by atoms with van der Waals surface area (Å²) in [6.45, 7) is 3.06. The van der Waals surface area contributed by atoms with Crippen LogP contribution in [0.2, 0.25) is 0 Å². The van der Waals surface area contributed by atoms with Gasteiger partial charge in [-0.05, 0) is 24.6 Å². The van der Waals surface area contributed by atoms with Gasteiger partial charge >= 0.3 is 6.03 Å². The molecule has 0 aliphatic rings. The lowest BCUT2D eigenvalue weighted by Crippen LogP contribution is -2.31. The van der Waals surface area contributed by atoms with Gasteiger partial charge in [0.15, 0.2) is 0 Å². The van der Waals surface area contributed by atoms with E-state index in [9.17, 15) is 4.79 Å². The molecule has 1 rings (SSSR count). The van der Waals surface area contributed by atoms with Gasteiger partial charge in [-0.25, -0.2) is 4.79 Å². The van der Waals surface area contributed by atoms with E-state index in [1.807, 2.05) is 31.2 Å². The van der Waals surface area contributed by atoms with Crippen molar-refractivity contribution in [3.05, 3.63) is 29.8 Å². The average molecular weight is 238 g/mol. The molecule has 0 bridgehead atoms. The molecule has 0 saturated carbocycles. The first-order chi connectivity index (χ1) is 8.22. The molecule has 1 aromatic carbocycles. The van der Waals surface area contributed by atoms with Gasteiger partial charge in [-0.1, -0.05) is 12.1 Å². The standard InChI is InChI=1S/C12H18N2O3/c1-10-3-2-4-11(9-10)14-12(16)13-5-7-17-8-6-15/h2-4,9,15H,5-8H2,1H3,(H2,13,14,16). The molecule has 5 heteroatoms. The maximum Gasteiger partial charge on any atom is 0.319 e. The number of amides is 2. The summed E-state index contributed by atoms with van der Waals surface area (Å²) in [5.74, 6) is 0. The number of aryl methyl sites for hydroxylation is 1. The van der Waals surface area contributed by atoms with E-state index in [0.29, 0.717) is 19.8 Å². The molecule has 0 fully saturated rings. The summed E-state index contributed by atoms with van der Waals surface area (Å²) in [5.41, 5.74) is 1.85. The van der Waals surface area contributed by atoms with Crippen molar-refractivity contribution in [3.8, 4) is 0 Å². The van der Waals surface area contributed by atoms with Crippen LogP contribution in [0.25, 0.3) is 0 Å². The average Bonchev–Trinajstić information content (AvgIpc) is 2.29. The number of urea groups is 1. The summed E-state index contributed by atoms with van der Waals surface area (Å²) in [5, 5.41) is 13.8. The summed E-state index contributed by atoms with van der Waals surface area (Å²) in [6.07, 6.45) is 0. The van der Waals surface area contributed by atoms with Crippen LogP contribution in [0.1, 0.15) is 5.56 Å². The Balaban J connectivity index is 2.21. The second-order valence-corrected chi connectivity index (χ2v) is 3.59. The quantitative estimate of drug-likeness (QED) is 0.650. The molecule has 0 aromatic heterocycles. The van der Waals surface area contributed by atoms with Gasteiger partial charge < -0.3 is 20.5 Å². The van der Waals surface area contributed by atoms with Crippen molar-refractivity contribution in [2.75, 3.05) is 31.7 Å². The van der Waals surface area contributed by atoms with E-state index in [-0.39, 0.29) is 12.6 Å². The van der Waals surface area contributed by atoms with Crippen molar-refractivity contribution in [3.63, 3.8) is 0 Å². The van der Waals surface area contributed by atoms with Crippen molar-refractivity contribution in [1.29, 1.82) is 0 Å². The molecule has 0 heterocycles. The Morgan fingerprint density at radius 2 is 2.24 bits per heavy atom. The molecule has 3 N–H and O–H groups in total. The van der Waals surface area contributed by atoms with Crippen LogP contribution in [0.4, 0.5) is 10.5 Å². The number of rotatable bonds is 6. The summed E-state index contributed by atoms with van der Waals surface area (Å²) in [4.78, 5) is 11.4. The fourth-order valence-corrected chi connectivity index (χ4v) is 1.30. The minimum Gasteiger partial charge on any atom is -0.394 e. The molecule has 0 unspecified atom stereocenters. The SMILES string of the molecule is Cc1cccc(NC(=O)NCCOCCO)c1. The molecule has 0 radical (unpaired) electrons. The number of ether oxygens (including phenoxy) is 1. The molecular formula is C12H18N2O3. The topological polar surface area (TPSA) is 70.6 Å². The summed E-state index contributed by atoms with van der Waals surface area (Å²) >= 11 is 0. The number of carbonyl (C=O) groups excluding carboxylic acids is 1. The van der Waals surface area contributed by atoms with Crippen molar-refractivity contribution in [2.45, 2.75) is 6.92 Å². The van der Waals surface area contributed by atoms with E-state index in [4.69, 9.17) is 9.84 Å². The Labute approximate surface area is 101 Å². The number of aliphatic hydroxyl groups is 1. The monoisotopic (exact) mass is 238 g/mol. The Hall–Kier alpha value is -1.59. The molecule has 0 spiro atoms. The predicted octanol–water partition coefficient (Wildman–Crippen LogP) is 1.13. The zero-order valence-electron chi connectivity index (χ0n) is 9.90. The minimum absolute atomic E-state index is 0.00448. The van der Waals surface area contributed by atoms with E-state index in [1.165, 1.54) is 0 Å². The van der Waals surface area contributed by atoms with Gasteiger partial charge in [-0.2, -0.15) is 0 Å². The molecule has 94 valence electrons. The van der Waals surface area contributed by atoms with Crippen molar-refractivity contribution >= 4 is 11.7 Å². The summed E-state index contributed by atoms with van der Waals surface area (Å²) in [6, 6.07) is 7.31. The van der Waals surface area contributed by atoms with Crippen molar-refractivity contribution in [1.82, 2.24) is 5.32 Å². The summed E-state index contributed by atoms with van der Waals surface area (Å²) < 4.78 is 5.01. The van der Waals surface area contributed by atoms with E-state index < -0.39 is 0 Å². The molecular weight excluding hydrogens is 220 g/mol. The van der Waals surface area contributed by atoms with Gasteiger partial charge in [0.2, 0.25) is 0 Å². The van der Waals surface area contributed by atoms with Gasteiger partial charge in [-0.3, -0.25) is 0 Å². The number of nitrogens with one attached hydrogen (secondary N) is 2. The van der Waals surface area contributed by atoms with Gasteiger partial charge in [0.1, 0.15) is 0 Å². The maximum atomic E-state index is 11.4. The lowest BCUT2D eigenvalue weighted by Gasteiger charge is -2.08. The van der Waals surface area contributed by atoms with Crippen molar-refractivity contribution in [2.24, 2.45) is 0 Å². The molecule has 17 heavy (non-hydrogen) atoms. The van der Waals surface area contributed by atoms with Crippen LogP contribution in [0.3, 0.4) is 0 Å². The Morgan fingerprint density at radius 3 is 2.94 bits per heavy atom. The molecule has 0 atom stereocenters. The highest BCUT2D eigenvalue weighted by Crippen LogP contribution is 2.08. The first-order valence-electron chi connectivity index (χ1n) is 5.52. The van der Waals surface area contributed by atoms with Gasteiger partial charge in [-0.15, -0.1) is 0 Å². The van der Waals surface area contributed by atoms with E-state index in [1.54, 1.807) is 0 Å². The highest BCUT2D eigenvalue weighted by molar-refractivity contribution is 5.89. The number of hydrogen-bond acceptors (Lipinski definition) is 3. The van der Waals surface area contributed by atoms with Crippen molar-refractivity contribution < 1.29 is 14.6 Å². The highest BCUT2D eigenvalue weighted by atomic mass is 16.5. The number of anilines is 1. The molecule has 1 aromatic rings. The minimum atomic E-state index is -0.261. The van der Waals surface area contributed by atoms with Gasteiger partial charge in [0.25, 0.3) is 0 Å². The number of aliphatic hydroxyl groups excluding tert-OH is 1. The van der Waals surface area contributed by atoms with E-state index in [2.05, 4.69) is 10.6 Å². The normalized spacial score (nSPS) is 10.0. The van der Waals surface area contributed by atoms with Crippen LogP contribution >= 0.6 is 0 Å². The highest BCUT2D eigenvalue weighted by Gasteiger charge is 2.00. The lowest BCUT2D eigenvalue weighted by atomic mass is 10.2. The molecule has 2 amide bonds. The van der Waals surface area contributed by atoms with Gasteiger partial charge in [0.05, 0.1) is 19.8 Å². The number of carbonyl (C=O) groups is 1. The van der Waals surface area contributed by atoms with Crippen LogP contribution in [0, 0.1) is 6.92 Å². The van der Waals surface area contributed by atoms with E-state index in [0.717, 1.165) is 11.3 Å². The maximum absolute atomic E-state index is 11.4. The third-order valence-electron chi connectivity index (χ3n) is 2.04. The van der Waals surface area contributed by atoms with Crippen LogP contribution in [0.5, 0.6) is 0 Å². The largest absolute Gasteiger partial charge is 0.394 e. The molecule has 5 nitrogen and oxygen atoms in total. The van der Waals surface area contributed by atoms with E-state index >= 15 is 0 Å². The lowest BCUT2D eigenvalue weighted by molar-refractivity contribution is 0.0950. The second kappa shape index (κ2) is 7.65. The van der Waals surface area contributed by atoms with Crippen LogP contribution in [-0.4, -0.2) is 37.5 Å². The Kier molecular flexibility index (Phi) is 6.06. The molecule has 0 saturated heterocycles.